The van der Waals surface area contributed by atoms with Gasteiger partial charge in [-0.25, -0.2) is 9.78 Å². The van der Waals surface area contributed by atoms with Crippen LogP contribution in [0, 0.1) is 0 Å². The molecule has 1 heterocycles. The predicted molar refractivity (Wildman–Crippen MR) is 80.5 cm³/mol. The van der Waals surface area contributed by atoms with Gasteiger partial charge in [-0.05, 0) is 18.2 Å². The van der Waals surface area contributed by atoms with Crippen LogP contribution in [0.15, 0.2) is 24.4 Å². The Hall–Kier alpha value is -1.49. The number of rotatable bonds is 2. The minimum absolute atomic E-state index is 0.199. The van der Waals surface area contributed by atoms with Crippen molar-refractivity contribution in [1.29, 1.82) is 0 Å². The van der Waals surface area contributed by atoms with Crippen molar-refractivity contribution in [2.24, 2.45) is 0 Å². The van der Waals surface area contributed by atoms with Crippen LogP contribution in [0.2, 0.25) is 15.1 Å². The normalized spacial score (nSPS) is 10.4. The van der Waals surface area contributed by atoms with Crippen molar-refractivity contribution in [2.75, 3.05) is 12.8 Å². The molecule has 0 aliphatic carbocycles. The van der Waals surface area contributed by atoms with Gasteiger partial charge in [-0.3, -0.25) is 0 Å². The van der Waals surface area contributed by atoms with Crippen LogP contribution in [0.3, 0.4) is 0 Å². The highest BCUT2D eigenvalue weighted by molar-refractivity contribution is 6.44. The Labute approximate surface area is 130 Å². The molecule has 0 aliphatic rings. The van der Waals surface area contributed by atoms with Gasteiger partial charge in [0.1, 0.15) is 5.82 Å². The molecule has 20 heavy (non-hydrogen) atoms. The fourth-order valence-electron chi connectivity index (χ4n) is 1.69. The van der Waals surface area contributed by atoms with E-state index in [0.29, 0.717) is 26.2 Å². The van der Waals surface area contributed by atoms with Crippen molar-refractivity contribution in [2.45, 2.75) is 0 Å². The smallest absolute Gasteiger partial charge is 0.338 e. The van der Waals surface area contributed by atoms with Gasteiger partial charge in [-0.2, -0.15) is 0 Å². The Balaban J connectivity index is 2.69. The van der Waals surface area contributed by atoms with Crippen molar-refractivity contribution in [1.82, 2.24) is 4.98 Å². The molecule has 0 saturated heterocycles. The number of carbonyl (C=O) groups is 1. The molecule has 104 valence electrons. The van der Waals surface area contributed by atoms with Crippen LogP contribution >= 0.6 is 34.8 Å². The number of aromatic nitrogens is 1. The van der Waals surface area contributed by atoms with E-state index >= 15 is 0 Å². The van der Waals surface area contributed by atoms with Crippen LogP contribution in [0.1, 0.15) is 10.4 Å². The third-order valence-corrected chi connectivity index (χ3v) is 3.67. The minimum Gasteiger partial charge on any atom is -0.465 e. The summed E-state index contributed by atoms with van der Waals surface area (Å²) >= 11 is 18.0. The molecular weight excluding hydrogens is 323 g/mol. The second-order valence-electron chi connectivity index (χ2n) is 3.89. The van der Waals surface area contributed by atoms with E-state index in [4.69, 9.17) is 45.3 Å². The molecule has 2 rings (SSSR count). The first-order valence-corrected chi connectivity index (χ1v) is 6.56. The van der Waals surface area contributed by atoms with E-state index in [1.54, 1.807) is 6.07 Å². The zero-order chi connectivity index (χ0) is 14.9. The average Bonchev–Trinajstić information content (AvgIpc) is 2.42. The standard InChI is InChI=1S/C13H9Cl3N2O2/c1-20-13(19)7-3-12(17)18-5-8(7)6-2-10(15)11(16)4-9(6)14/h2-5H,1H3,(H2,17,18). The average molecular weight is 332 g/mol. The number of ether oxygens (including phenoxy) is 1. The van der Waals surface area contributed by atoms with Gasteiger partial charge in [0.25, 0.3) is 0 Å². The van der Waals surface area contributed by atoms with Gasteiger partial charge in [-0.15, -0.1) is 0 Å². The lowest BCUT2D eigenvalue weighted by atomic mass is 10.0. The molecule has 7 heteroatoms. The molecule has 0 fully saturated rings. The number of carbonyl (C=O) groups excluding carboxylic acids is 1. The van der Waals surface area contributed by atoms with Crippen molar-refractivity contribution in [3.8, 4) is 11.1 Å². The summed E-state index contributed by atoms with van der Waals surface area (Å²) in [5.41, 5.74) is 6.83. The van der Waals surface area contributed by atoms with Crippen LogP contribution < -0.4 is 5.73 Å². The van der Waals surface area contributed by atoms with Crippen molar-refractivity contribution >= 4 is 46.6 Å². The Morgan fingerprint density at radius 1 is 1.10 bits per heavy atom. The molecule has 0 saturated carbocycles. The topological polar surface area (TPSA) is 65.2 Å². The molecule has 0 radical (unpaired) electrons. The molecule has 1 aromatic carbocycles. The first kappa shape index (κ1) is 14.9. The third-order valence-electron chi connectivity index (χ3n) is 2.63. The number of halogens is 3. The molecule has 1 aromatic heterocycles. The highest BCUT2D eigenvalue weighted by atomic mass is 35.5. The van der Waals surface area contributed by atoms with E-state index in [2.05, 4.69) is 4.98 Å². The van der Waals surface area contributed by atoms with Gasteiger partial charge in [0.05, 0.1) is 27.7 Å². The van der Waals surface area contributed by atoms with Crippen LogP contribution in [0.4, 0.5) is 5.82 Å². The van der Waals surface area contributed by atoms with Gasteiger partial charge in [-0.1, -0.05) is 34.8 Å². The summed E-state index contributed by atoms with van der Waals surface area (Å²) in [5, 5.41) is 0.985. The zero-order valence-corrected chi connectivity index (χ0v) is 12.6. The molecule has 0 aliphatic heterocycles. The Morgan fingerprint density at radius 2 is 1.75 bits per heavy atom. The molecule has 0 atom stereocenters. The van der Waals surface area contributed by atoms with E-state index < -0.39 is 5.97 Å². The number of esters is 1. The van der Waals surface area contributed by atoms with E-state index in [9.17, 15) is 4.79 Å². The fraction of sp³-hybridized carbons (Fsp3) is 0.0769. The SMILES string of the molecule is COC(=O)c1cc(N)ncc1-c1cc(Cl)c(Cl)cc1Cl. The van der Waals surface area contributed by atoms with Gasteiger partial charge < -0.3 is 10.5 Å². The van der Waals surface area contributed by atoms with Crippen LogP contribution in [-0.4, -0.2) is 18.1 Å². The van der Waals surface area contributed by atoms with E-state index in [-0.39, 0.29) is 11.4 Å². The lowest BCUT2D eigenvalue weighted by Gasteiger charge is -2.11. The third kappa shape index (κ3) is 2.82. The maximum absolute atomic E-state index is 11.8. The van der Waals surface area contributed by atoms with Crippen LogP contribution in [0.25, 0.3) is 11.1 Å². The van der Waals surface area contributed by atoms with Crippen molar-refractivity contribution < 1.29 is 9.53 Å². The summed E-state index contributed by atoms with van der Waals surface area (Å²) in [6.45, 7) is 0. The van der Waals surface area contributed by atoms with E-state index in [0.717, 1.165) is 0 Å². The summed E-state index contributed by atoms with van der Waals surface area (Å²) in [4.78, 5) is 15.8. The quantitative estimate of drug-likeness (QED) is 0.665. The minimum atomic E-state index is -0.545. The Morgan fingerprint density at radius 3 is 2.40 bits per heavy atom. The molecule has 4 nitrogen and oxygen atoms in total. The van der Waals surface area contributed by atoms with Gasteiger partial charge in [0, 0.05) is 17.3 Å². The largest absolute Gasteiger partial charge is 0.465 e. The second-order valence-corrected chi connectivity index (χ2v) is 5.11. The summed E-state index contributed by atoms with van der Waals surface area (Å²) < 4.78 is 4.72. The zero-order valence-electron chi connectivity index (χ0n) is 10.3. The highest BCUT2D eigenvalue weighted by Gasteiger charge is 2.18. The number of benzene rings is 1. The lowest BCUT2D eigenvalue weighted by Crippen LogP contribution is -2.06. The molecule has 0 amide bonds. The molecular formula is C13H9Cl3N2O2. The highest BCUT2D eigenvalue weighted by Crippen LogP contribution is 2.36. The first-order valence-electron chi connectivity index (χ1n) is 5.42. The number of hydrogen-bond acceptors (Lipinski definition) is 4. The predicted octanol–water partition coefficient (Wildman–Crippen LogP) is 4.08. The molecule has 2 N–H and O–H groups in total. The van der Waals surface area contributed by atoms with Crippen molar-refractivity contribution in [3.05, 3.63) is 45.0 Å². The fourth-order valence-corrected chi connectivity index (χ4v) is 2.34. The summed E-state index contributed by atoms with van der Waals surface area (Å²) in [7, 11) is 1.28. The summed E-state index contributed by atoms with van der Waals surface area (Å²) in [6, 6.07) is 4.48. The molecule has 2 aromatic rings. The number of nitrogens with two attached hydrogens (primary N) is 1. The van der Waals surface area contributed by atoms with E-state index in [1.165, 1.54) is 25.4 Å². The van der Waals surface area contributed by atoms with Crippen LogP contribution in [0.5, 0.6) is 0 Å². The Bertz CT molecular complexity index is 690. The summed E-state index contributed by atoms with van der Waals surface area (Å²) in [5.74, 6) is -0.346. The Kier molecular flexibility index (Phi) is 4.38. The first-order chi connectivity index (χ1) is 9.43. The lowest BCUT2D eigenvalue weighted by molar-refractivity contribution is 0.0601. The number of nitrogens with zero attached hydrogens (tertiary/aromatic N) is 1. The number of pyridine rings is 1. The second kappa shape index (κ2) is 5.87. The molecule has 0 unspecified atom stereocenters. The number of anilines is 1. The van der Waals surface area contributed by atoms with Gasteiger partial charge >= 0.3 is 5.97 Å². The number of hydrogen-bond donors (Lipinski definition) is 1. The van der Waals surface area contributed by atoms with Gasteiger partial charge in [0.15, 0.2) is 0 Å². The number of methoxy groups -OCH3 is 1. The maximum atomic E-state index is 11.8. The summed E-state index contributed by atoms with van der Waals surface area (Å²) in [6.07, 6.45) is 1.44. The molecule has 0 bridgehead atoms. The molecule has 0 spiro atoms. The number of nitrogen functional groups attached to an aromatic ring is 1. The van der Waals surface area contributed by atoms with Gasteiger partial charge in [0.2, 0.25) is 0 Å². The van der Waals surface area contributed by atoms with E-state index in [1.807, 2.05) is 0 Å². The monoisotopic (exact) mass is 330 g/mol. The van der Waals surface area contributed by atoms with Crippen LogP contribution in [-0.2, 0) is 4.74 Å². The van der Waals surface area contributed by atoms with Crippen molar-refractivity contribution in [3.63, 3.8) is 0 Å². The maximum Gasteiger partial charge on any atom is 0.338 e.